The van der Waals surface area contributed by atoms with Gasteiger partial charge in [0.15, 0.2) is 0 Å². The van der Waals surface area contributed by atoms with Crippen LogP contribution in [0.5, 0.6) is 0 Å². The molecule has 9 heavy (non-hydrogen) atoms. The van der Waals surface area contributed by atoms with Crippen molar-refractivity contribution >= 4 is 22.6 Å². The molecule has 0 rings (SSSR count). The van der Waals surface area contributed by atoms with E-state index >= 15 is 0 Å². The molecule has 0 N–H and O–H groups in total. The zero-order valence-corrected chi connectivity index (χ0v) is 5.99. The number of hydrogen-bond acceptors (Lipinski definition) is 1. The Morgan fingerprint density at radius 3 is 1.56 bits per heavy atom. The van der Waals surface area contributed by atoms with Crippen molar-refractivity contribution in [2.45, 2.75) is 9.85 Å². The summed E-state index contributed by atoms with van der Waals surface area (Å²) < 4.78 is 41.8. The third-order valence-corrected chi connectivity index (χ3v) is 1.17. The van der Waals surface area contributed by atoms with Crippen LogP contribution in [0.15, 0.2) is 0 Å². The van der Waals surface area contributed by atoms with Crippen LogP contribution in [0.3, 0.4) is 0 Å². The van der Waals surface area contributed by atoms with Crippen LogP contribution in [-0.2, 0) is 0 Å². The Morgan fingerprint density at radius 2 is 1.56 bits per heavy atom. The van der Waals surface area contributed by atoms with Crippen LogP contribution in [0.25, 0.3) is 0 Å². The van der Waals surface area contributed by atoms with Crippen molar-refractivity contribution in [2.75, 3.05) is 0 Å². The summed E-state index contributed by atoms with van der Waals surface area (Å²) in [5, 5.41) is 7.44. The Labute approximate surface area is 61.8 Å². The first-order chi connectivity index (χ1) is 3.81. The number of halogens is 5. The average Bonchev–Trinajstić information content (AvgIpc) is 1.64. The van der Waals surface area contributed by atoms with Gasteiger partial charge < -0.3 is 0 Å². The van der Waals surface area contributed by atoms with E-state index in [1.54, 1.807) is 0 Å². The van der Waals surface area contributed by atoms with E-state index in [9.17, 15) is 17.6 Å². The van der Waals surface area contributed by atoms with Gasteiger partial charge in [0, 0.05) is 22.6 Å². The average molecular weight is 253 g/mol. The molecule has 0 aliphatic rings. The quantitative estimate of drug-likeness (QED) is 0.399. The molecule has 0 fully saturated rings. The van der Waals surface area contributed by atoms with Gasteiger partial charge in [-0.05, 0) is 0 Å². The van der Waals surface area contributed by atoms with E-state index in [0.717, 1.165) is 0 Å². The van der Waals surface area contributed by atoms with Crippen molar-refractivity contribution in [3.8, 4) is 6.07 Å². The van der Waals surface area contributed by atoms with Crippen molar-refractivity contribution in [1.29, 1.82) is 5.26 Å². The highest BCUT2D eigenvalue weighted by atomic mass is 127. The Morgan fingerprint density at radius 1 is 1.22 bits per heavy atom. The minimum absolute atomic E-state index is 0.190. The fourth-order valence-corrected chi connectivity index (χ4v) is 0.184. The first-order valence-electron chi connectivity index (χ1n) is 1.67. The molecule has 6 heteroatoms. The summed E-state index contributed by atoms with van der Waals surface area (Å²) in [5.41, 5.74) is 0. The summed E-state index contributed by atoms with van der Waals surface area (Å²) in [7, 11) is 0. The van der Waals surface area contributed by atoms with E-state index in [1.165, 1.54) is 0 Å². The lowest BCUT2D eigenvalue weighted by Gasteiger charge is -2.12. The van der Waals surface area contributed by atoms with E-state index in [-0.39, 0.29) is 28.7 Å². The fraction of sp³-hybridized carbons (Fsp3) is 0.667. The van der Waals surface area contributed by atoms with Crippen molar-refractivity contribution < 1.29 is 17.6 Å². The number of hydrogen-bond donors (Lipinski definition) is 0. The number of nitriles is 1. The van der Waals surface area contributed by atoms with Gasteiger partial charge in [-0.15, -0.1) is 0 Å². The normalized spacial score (nSPS) is 12.9. The molecule has 0 heterocycles. The Kier molecular flexibility index (Phi) is 2.27. The molecule has 0 spiro atoms. The highest BCUT2D eigenvalue weighted by Gasteiger charge is 2.54. The van der Waals surface area contributed by atoms with Gasteiger partial charge >= 0.3 is 9.85 Å². The second kappa shape index (κ2) is 2.28. The minimum Gasteiger partial charge on any atom is -0.191 e. The number of rotatable bonds is 1. The maximum Gasteiger partial charge on any atom is 0.403 e. The molecule has 52 valence electrons. The van der Waals surface area contributed by atoms with E-state index < -0.39 is 9.85 Å². The molecule has 0 aromatic heterocycles. The van der Waals surface area contributed by atoms with Crippen molar-refractivity contribution in [2.24, 2.45) is 0 Å². The Hall–Kier alpha value is -0.0600. The fourth-order valence-electron chi connectivity index (χ4n) is 0.0634. The van der Waals surface area contributed by atoms with Crippen LogP contribution in [0.1, 0.15) is 0 Å². The summed E-state index contributed by atoms with van der Waals surface area (Å²) in [6.07, 6.45) is 0. The van der Waals surface area contributed by atoms with Crippen LogP contribution in [0.2, 0.25) is 0 Å². The zero-order chi connectivity index (χ0) is 7.71. The van der Waals surface area contributed by atoms with Crippen molar-refractivity contribution in [3.05, 3.63) is 0 Å². The van der Waals surface area contributed by atoms with Crippen LogP contribution in [-0.4, -0.2) is 9.85 Å². The van der Waals surface area contributed by atoms with Gasteiger partial charge in [-0.2, -0.15) is 22.8 Å². The van der Waals surface area contributed by atoms with E-state index in [4.69, 9.17) is 5.26 Å². The van der Waals surface area contributed by atoms with E-state index in [0.29, 0.717) is 0 Å². The van der Waals surface area contributed by atoms with Crippen molar-refractivity contribution in [1.82, 2.24) is 0 Å². The SMILES string of the molecule is N#CC(F)(F)C(F)(F)I. The first-order valence-corrected chi connectivity index (χ1v) is 2.75. The molecule has 0 saturated heterocycles. The lowest BCUT2D eigenvalue weighted by Crippen LogP contribution is -2.32. The molecule has 0 amide bonds. The molecule has 0 aliphatic heterocycles. The monoisotopic (exact) mass is 253 g/mol. The second-order valence-electron chi connectivity index (χ2n) is 1.18. The maximum atomic E-state index is 11.5. The van der Waals surface area contributed by atoms with Gasteiger partial charge in [-0.3, -0.25) is 0 Å². The van der Waals surface area contributed by atoms with Crippen LogP contribution >= 0.6 is 22.6 Å². The van der Waals surface area contributed by atoms with Gasteiger partial charge in [0.2, 0.25) is 0 Å². The van der Waals surface area contributed by atoms with Crippen LogP contribution < -0.4 is 0 Å². The third kappa shape index (κ3) is 1.97. The number of alkyl halides is 5. The molecular weight excluding hydrogens is 253 g/mol. The van der Waals surface area contributed by atoms with E-state index in [2.05, 4.69) is 0 Å². The minimum atomic E-state index is -4.56. The predicted molar refractivity (Wildman–Crippen MR) is 29.5 cm³/mol. The van der Waals surface area contributed by atoms with Crippen LogP contribution in [0, 0.1) is 11.3 Å². The molecular formula is C3F4IN. The van der Waals surface area contributed by atoms with Gasteiger partial charge in [0.25, 0.3) is 0 Å². The van der Waals surface area contributed by atoms with E-state index in [1.807, 2.05) is 0 Å². The van der Waals surface area contributed by atoms with Crippen molar-refractivity contribution in [3.63, 3.8) is 0 Å². The van der Waals surface area contributed by atoms with Crippen LogP contribution in [0.4, 0.5) is 17.6 Å². The van der Waals surface area contributed by atoms with Gasteiger partial charge in [-0.1, -0.05) is 0 Å². The first kappa shape index (κ1) is 8.94. The summed E-state index contributed by atoms with van der Waals surface area (Å²) in [4.78, 5) is 0. The highest BCUT2D eigenvalue weighted by molar-refractivity contribution is 14.1. The second-order valence-corrected chi connectivity index (χ2v) is 2.54. The summed E-state index contributed by atoms with van der Waals surface area (Å²) >= 11 is 0.214. The lowest BCUT2D eigenvalue weighted by atomic mass is 10.4. The standard InChI is InChI=1S/C3F4IN/c4-2(5,1-9)3(6,7)8. The zero-order valence-electron chi connectivity index (χ0n) is 3.84. The molecule has 0 unspecified atom stereocenters. The summed E-state index contributed by atoms with van der Waals surface area (Å²) in [6.45, 7) is 0. The molecule has 0 atom stereocenters. The molecule has 0 radical (unpaired) electrons. The predicted octanol–water partition coefficient (Wildman–Crippen LogP) is 2.17. The molecule has 1 nitrogen and oxygen atoms in total. The molecule has 0 aromatic rings. The maximum absolute atomic E-state index is 11.5. The molecule has 0 bridgehead atoms. The summed E-state index contributed by atoms with van der Waals surface area (Å²) in [5.74, 6) is -4.56. The number of nitrogens with zero attached hydrogens (tertiary/aromatic N) is 1. The summed E-state index contributed by atoms with van der Waals surface area (Å²) in [6, 6.07) is 0.190. The third-order valence-electron chi connectivity index (χ3n) is 0.496. The molecule has 0 aromatic carbocycles. The molecule has 0 saturated carbocycles. The van der Waals surface area contributed by atoms with Gasteiger partial charge in [0.05, 0.1) is 0 Å². The smallest absolute Gasteiger partial charge is 0.191 e. The molecule has 0 aliphatic carbocycles. The Bertz CT molecular complexity index is 143. The van der Waals surface area contributed by atoms with Gasteiger partial charge in [-0.25, -0.2) is 0 Å². The Balaban J connectivity index is 4.39. The largest absolute Gasteiger partial charge is 0.403 e. The lowest BCUT2D eigenvalue weighted by molar-refractivity contribution is -0.0974. The highest BCUT2D eigenvalue weighted by Crippen LogP contribution is 2.38. The van der Waals surface area contributed by atoms with Gasteiger partial charge in [0.1, 0.15) is 6.07 Å². The topological polar surface area (TPSA) is 23.8 Å².